The monoisotopic (exact) mass is 358 g/mol. The minimum atomic E-state index is -1.35. The largest absolute Gasteiger partial charge is 0.493 e. The van der Waals surface area contributed by atoms with Crippen molar-refractivity contribution in [2.24, 2.45) is 5.92 Å². The standard InChI is InChI=1S/C20H22O6/c1-11-18(12-6-5-7-14(22-3)19(12)23-4)13-8-16-17(25-10-24-16)9-15(13)26-20(11,2)21/h5-9,11,18,21H,10H2,1-4H3/t11-,18-,20+/m0/s1. The van der Waals surface area contributed by atoms with Crippen LogP contribution >= 0.6 is 0 Å². The van der Waals surface area contributed by atoms with E-state index in [-0.39, 0.29) is 18.6 Å². The van der Waals surface area contributed by atoms with Gasteiger partial charge in [-0.15, -0.1) is 0 Å². The second-order valence-corrected chi connectivity index (χ2v) is 6.75. The Morgan fingerprint density at radius 2 is 1.77 bits per heavy atom. The maximum Gasteiger partial charge on any atom is 0.231 e. The molecule has 3 atom stereocenters. The molecular weight excluding hydrogens is 336 g/mol. The minimum Gasteiger partial charge on any atom is -0.493 e. The van der Waals surface area contributed by atoms with Crippen LogP contribution in [0.5, 0.6) is 28.7 Å². The van der Waals surface area contributed by atoms with E-state index in [4.69, 9.17) is 23.7 Å². The molecule has 0 saturated heterocycles. The summed E-state index contributed by atoms with van der Waals surface area (Å²) < 4.78 is 28.0. The zero-order chi connectivity index (χ0) is 18.5. The fraction of sp³-hybridized carbons (Fsp3) is 0.400. The van der Waals surface area contributed by atoms with Gasteiger partial charge in [-0.05, 0) is 12.1 Å². The van der Waals surface area contributed by atoms with Crippen LogP contribution in [0.1, 0.15) is 30.9 Å². The predicted octanol–water partition coefficient (Wildman–Crippen LogP) is 3.30. The Morgan fingerprint density at radius 1 is 1.04 bits per heavy atom. The highest BCUT2D eigenvalue weighted by molar-refractivity contribution is 5.59. The molecule has 0 saturated carbocycles. The van der Waals surface area contributed by atoms with Gasteiger partial charge in [0.25, 0.3) is 0 Å². The number of methoxy groups -OCH3 is 2. The molecule has 0 bridgehead atoms. The molecule has 2 aliphatic rings. The summed E-state index contributed by atoms with van der Waals surface area (Å²) in [4.78, 5) is 0. The van der Waals surface area contributed by atoms with Gasteiger partial charge in [-0.3, -0.25) is 0 Å². The van der Waals surface area contributed by atoms with Gasteiger partial charge < -0.3 is 28.8 Å². The van der Waals surface area contributed by atoms with Crippen molar-refractivity contribution in [3.8, 4) is 28.7 Å². The minimum absolute atomic E-state index is 0.173. The summed E-state index contributed by atoms with van der Waals surface area (Å²) in [5.41, 5.74) is 1.84. The molecule has 2 heterocycles. The van der Waals surface area contributed by atoms with Gasteiger partial charge in [0.2, 0.25) is 12.6 Å². The Hall–Kier alpha value is -2.60. The quantitative estimate of drug-likeness (QED) is 0.908. The van der Waals surface area contributed by atoms with Gasteiger partial charge in [0.1, 0.15) is 5.75 Å². The van der Waals surface area contributed by atoms with Crippen LogP contribution in [0.15, 0.2) is 30.3 Å². The van der Waals surface area contributed by atoms with E-state index in [0.29, 0.717) is 28.7 Å². The van der Waals surface area contributed by atoms with Crippen LogP contribution in [0.2, 0.25) is 0 Å². The summed E-state index contributed by atoms with van der Waals surface area (Å²) in [6.45, 7) is 3.80. The first-order valence-electron chi connectivity index (χ1n) is 8.52. The Bertz CT molecular complexity index is 844. The van der Waals surface area contributed by atoms with Crippen LogP contribution in [0.4, 0.5) is 0 Å². The molecule has 0 radical (unpaired) electrons. The summed E-state index contributed by atoms with van der Waals surface area (Å²) in [5, 5.41) is 10.9. The SMILES string of the molecule is COc1cccc([C@H]2c3cc4c(cc3O[C@@](C)(O)[C@H]2C)OCO4)c1OC. The van der Waals surface area contributed by atoms with E-state index >= 15 is 0 Å². The van der Waals surface area contributed by atoms with E-state index in [9.17, 15) is 5.11 Å². The zero-order valence-corrected chi connectivity index (χ0v) is 15.2. The molecule has 0 fully saturated rings. The van der Waals surface area contributed by atoms with Crippen molar-refractivity contribution >= 4 is 0 Å². The van der Waals surface area contributed by atoms with Gasteiger partial charge in [0.15, 0.2) is 23.0 Å². The molecule has 0 unspecified atom stereocenters. The average molecular weight is 358 g/mol. The maximum absolute atomic E-state index is 10.9. The third-order valence-electron chi connectivity index (χ3n) is 5.27. The van der Waals surface area contributed by atoms with Crippen LogP contribution in [-0.4, -0.2) is 31.9 Å². The average Bonchev–Trinajstić information content (AvgIpc) is 3.07. The maximum atomic E-state index is 10.9. The lowest BCUT2D eigenvalue weighted by atomic mass is 9.75. The second-order valence-electron chi connectivity index (χ2n) is 6.75. The molecule has 2 aliphatic heterocycles. The molecule has 1 N–H and O–H groups in total. The number of aliphatic hydroxyl groups is 1. The third-order valence-corrected chi connectivity index (χ3v) is 5.27. The number of rotatable bonds is 3. The topological polar surface area (TPSA) is 66.4 Å². The van der Waals surface area contributed by atoms with Crippen LogP contribution < -0.4 is 23.7 Å². The number of hydrogen-bond donors (Lipinski definition) is 1. The van der Waals surface area contributed by atoms with Crippen LogP contribution in [0.25, 0.3) is 0 Å². The lowest BCUT2D eigenvalue weighted by Gasteiger charge is -2.42. The molecule has 0 amide bonds. The van der Waals surface area contributed by atoms with Gasteiger partial charge in [-0.25, -0.2) is 0 Å². The highest BCUT2D eigenvalue weighted by atomic mass is 16.7. The van der Waals surface area contributed by atoms with Gasteiger partial charge in [-0.1, -0.05) is 19.1 Å². The van der Waals surface area contributed by atoms with E-state index in [1.165, 1.54) is 0 Å². The van der Waals surface area contributed by atoms with Crippen LogP contribution in [0.3, 0.4) is 0 Å². The Kier molecular flexibility index (Phi) is 3.88. The van der Waals surface area contributed by atoms with E-state index in [0.717, 1.165) is 11.1 Å². The molecule has 0 spiro atoms. The summed E-state index contributed by atoms with van der Waals surface area (Å²) >= 11 is 0. The first-order valence-corrected chi connectivity index (χ1v) is 8.52. The van der Waals surface area contributed by atoms with E-state index in [1.54, 1.807) is 27.2 Å². The van der Waals surface area contributed by atoms with Crippen molar-refractivity contribution in [3.63, 3.8) is 0 Å². The molecule has 6 nitrogen and oxygen atoms in total. The van der Waals surface area contributed by atoms with Crippen molar-refractivity contribution < 1.29 is 28.8 Å². The number of fused-ring (bicyclic) bond motifs is 2. The fourth-order valence-electron chi connectivity index (χ4n) is 3.76. The lowest BCUT2D eigenvalue weighted by molar-refractivity contribution is -0.171. The number of para-hydroxylation sites is 1. The molecule has 2 aromatic rings. The molecule has 138 valence electrons. The smallest absolute Gasteiger partial charge is 0.231 e. The highest BCUT2D eigenvalue weighted by Crippen LogP contribution is 2.53. The summed E-state index contributed by atoms with van der Waals surface area (Å²) in [7, 11) is 3.22. The van der Waals surface area contributed by atoms with Crippen molar-refractivity contribution in [3.05, 3.63) is 41.5 Å². The summed E-state index contributed by atoms with van der Waals surface area (Å²) in [6.07, 6.45) is 0. The molecular formula is C20H22O6. The Morgan fingerprint density at radius 3 is 2.46 bits per heavy atom. The first-order chi connectivity index (χ1) is 12.5. The van der Waals surface area contributed by atoms with Crippen molar-refractivity contribution in [2.45, 2.75) is 25.6 Å². The summed E-state index contributed by atoms with van der Waals surface area (Å²) in [5.74, 6) is 1.40. The Balaban J connectivity index is 1.94. The Labute approximate surface area is 152 Å². The predicted molar refractivity (Wildman–Crippen MR) is 94.4 cm³/mol. The normalized spacial score (nSPS) is 26.0. The molecule has 26 heavy (non-hydrogen) atoms. The third kappa shape index (κ3) is 2.44. The van der Waals surface area contributed by atoms with E-state index < -0.39 is 5.79 Å². The molecule has 0 aliphatic carbocycles. The summed E-state index contributed by atoms with van der Waals surface area (Å²) in [6, 6.07) is 9.45. The van der Waals surface area contributed by atoms with E-state index in [2.05, 4.69) is 0 Å². The van der Waals surface area contributed by atoms with Gasteiger partial charge >= 0.3 is 0 Å². The van der Waals surface area contributed by atoms with Gasteiger partial charge in [0, 0.05) is 36.0 Å². The lowest BCUT2D eigenvalue weighted by Crippen LogP contribution is -2.45. The van der Waals surface area contributed by atoms with Crippen LogP contribution in [-0.2, 0) is 0 Å². The number of ether oxygens (including phenoxy) is 5. The van der Waals surface area contributed by atoms with Crippen molar-refractivity contribution in [1.82, 2.24) is 0 Å². The molecule has 6 heteroatoms. The second kappa shape index (κ2) is 5.99. The molecule has 0 aromatic heterocycles. The fourth-order valence-corrected chi connectivity index (χ4v) is 3.76. The zero-order valence-electron chi connectivity index (χ0n) is 15.2. The first kappa shape index (κ1) is 16.8. The van der Waals surface area contributed by atoms with Gasteiger partial charge in [-0.2, -0.15) is 0 Å². The molecule has 2 aromatic carbocycles. The number of benzene rings is 2. The van der Waals surface area contributed by atoms with Crippen molar-refractivity contribution in [1.29, 1.82) is 0 Å². The highest BCUT2D eigenvalue weighted by Gasteiger charge is 2.45. The molecule has 4 rings (SSSR count). The van der Waals surface area contributed by atoms with E-state index in [1.807, 2.05) is 31.2 Å². The number of hydrogen-bond acceptors (Lipinski definition) is 6. The van der Waals surface area contributed by atoms with Crippen LogP contribution in [0, 0.1) is 5.92 Å². The van der Waals surface area contributed by atoms with Crippen molar-refractivity contribution in [2.75, 3.05) is 21.0 Å². The van der Waals surface area contributed by atoms with Gasteiger partial charge in [0.05, 0.1) is 14.2 Å².